The van der Waals surface area contributed by atoms with Crippen LogP contribution in [0, 0.1) is 0 Å². The number of hydrogen-bond acceptors (Lipinski definition) is 4. The average Bonchev–Trinajstić information content (AvgIpc) is 3.07. The first kappa shape index (κ1) is 17.9. The van der Waals surface area contributed by atoms with Crippen molar-refractivity contribution in [1.82, 2.24) is 9.97 Å². The molecule has 0 saturated carbocycles. The fourth-order valence-corrected chi connectivity index (χ4v) is 4.03. The molecular formula is C21H27N3S. The number of rotatable bonds is 7. The van der Waals surface area contributed by atoms with Gasteiger partial charge in [0.1, 0.15) is 17.0 Å². The highest BCUT2D eigenvalue weighted by atomic mass is 32.1. The quantitative estimate of drug-likeness (QED) is 0.513. The van der Waals surface area contributed by atoms with Crippen LogP contribution in [0.2, 0.25) is 0 Å². The normalized spacial score (nSPS) is 11.4. The monoisotopic (exact) mass is 353 g/mol. The fraction of sp³-hybridized carbons (Fsp3) is 0.429. The molecular weight excluding hydrogens is 326 g/mol. The van der Waals surface area contributed by atoms with E-state index in [2.05, 4.69) is 72.2 Å². The van der Waals surface area contributed by atoms with Crippen molar-refractivity contribution in [2.45, 2.75) is 46.5 Å². The molecule has 0 amide bonds. The summed E-state index contributed by atoms with van der Waals surface area (Å²) in [4.78, 5) is 12.6. The second kappa shape index (κ2) is 7.96. The summed E-state index contributed by atoms with van der Waals surface area (Å²) in [6.07, 6.45) is 4.08. The largest absolute Gasteiger partial charge is 0.356 e. The van der Waals surface area contributed by atoms with Gasteiger partial charge in [-0.3, -0.25) is 0 Å². The zero-order valence-electron chi connectivity index (χ0n) is 15.6. The van der Waals surface area contributed by atoms with Crippen LogP contribution in [-0.2, 0) is 0 Å². The van der Waals surface area contributed by atoms with Gasteiger partial charge in [0.15, 0.2) is 0 Å². The van der Waals surface area contributed by atoms with Crippen LogP contribution in [-0.4, -0.2) is 23.1 Å². The van der Waals surface area contributed by atoms with Crippen molar-refractivity contribution in [2.24, 2.45) is 0 Å². The van der Waals surface area contributed by atoms with E-state index in [0.717, 1.165) is 23.7 Å². The average molecular weight is 354 g/mol. The van der Waals surface area contributed by atoms with Crippen LogP contribution < -0.4 is 4.90 Å². The van der Waals surface area contributed by atoms with E-state index >= 15 is 0 Å². The van der Waals surface area contributed by atoms with E-state index in [-0.39, 0.29) is 0 Å². The van der Waals surface area contributed by atoms with Crippen molar-refractivity contribution in [1.29, 1.82) is 0 Å². The number of thiophene rings is 1. The standard InChI is InChI=1S/C21H27N3S/c1-5-7-12-24(6-2)20-19-18(13-25-21(19)23-14-22-20)17-10-8-16(9-11-17)15(3)4/h8-11,13-15H,5-7,12H2,1-4H3. The maximum Gasteiger partial charge on any atom is 0.141 e. The molecule has 25 heavy (non-hydrogen) atoms. The molecule has 4 heteroatoms. The summed E-state index contributed by atoms with van der Waals surface area (Å²) >= 11 is 1.71. The van der Waals surface area contributed by atoms with Gasteiger partial charge in [-0.2, -0.15) is 0 Å². The third-order valence-electron chi connectivity index (χ3n) is 4.70. The van der Waals surface area contributed by atoms with Crippen molar-refractivity contribution in [2.75, 3.05) is 18.0 Å². The summed E-state index contributed by atoms with van der Waals surface area (Å²) < 4.78 is 0. The van der Waals surface area contributed by atoms with E-state index in [1.807, 2.05) is 0 Å². The molecule has 0 bridgehead atoms. The molecule has 0 aliphatic carbocycles. The highest BCUT2D eigenvalue weighted by Gasteiger charge is 2.17. The molecule has 0 spiro atoms. The lowest BCUT2D eigenvalue weighted by atomic mass is 9.99. The van der Waals surface area contributed by atoms with Crippen molar-refractivity contribution >= 4 is 27.4 Å². The first-order valence-electron chi connectivity index (χ1n) is 9.23. The highest BCUT2D eigenvalue weighted by molar-refractivity contribution is 7.17. The zero-order chi connectivity index (χ0) is 17.8. The Morgan fingerprint density at radius 3 is 2.48 bits per heavy atom. The predicted molar refractivity (Wildman–Crippen MR) is 110 cm³/mol. The van der Waals surface area contributed by atoms with Gasteiger partial charge < -0.3 is 4.90 Å². The molecule has 0 atom stereocenters. The van der Waals surface area contributed by atoms with Crippen molar-refractivity contribution in [3.05, 3.63) is 41.5 Å². The molecule has 0 radical (unpaired) electrons. The molecule has 2 aromatic heterocycles. The molecule has 0 aliphatic rings. The molecule has 1 aromatic carbocycles. The van der Waals surface area contributed by atoms with E-state index in [0.29, 0.717) is 5.92 Å². The van der Waals surface area contributed by atoms with Crippen LogP contribution in [0.25, 0.3) is 21.3 Å². The second-order valence-electron chi connectivity index (χ2n) is 6.74. The van der Waals surface area contributed by atoms with Gasteiger partial charge in [-0.25, -0.2) is 9.97 Å². The number of hydrogen-bond donors (Lipinski definition) is 0. The Kier molecular flexibility index (Phi) is 5.69. The van der Waals surface area contributed by atoms with E-state index in [4.69, 9.17) is 0 Å². The van der Waals surface area contributed by atoms with Gasteiger partial charge in [0, 0.05) is 24.0 Å². The highest BCUT2D eigenvalue weighted by Crippen LogP contribution is 2.38. The van der Waals surface area contributed by atoms with E-state index in [1.165, 1.54) is 34.9 Å². The Morgan fingerprint density at radius 1 is 1.08 bits per heavy atom. The Balaban J connectivity index is 2.07. The summed E-state index contributed by atoms with van der Waals surface area (Å²) in [5.41, 5.74) is 3.87. The Hall–Kier alpha value is -1.94. The molecule has 0 saturated heterocycles. The van der Waals surface area contributed by atoms with Gasteiger partial charge in [-0.05, 0) is 30.4 Å². The molecule has 3 nitrogen and oxygen atoms in total. The number of fused-ring (bicyclic) bond motifs is 1. The van der Waals surface area contributed by atoms with Gasteiger partial charge in [0.2, 0.25) is 0 Å². The maximum absolute atomic E-state index is 4.66. The Morgan fingerprint density at radius 2 is 1.84 bits per heavy atom. The van der Waals surface area contributed by atoms with Gasteiger partial charge in [0.25, 0.3) is 0 Å². The summed E-state index contributed by atoms with van der Waals surface area (Å²) in [5, 5.41) is 3.42. The van der Waals surface area contributed by atoms with Crippen molar-refractivity contribution in [3.8, 4) is 11.1 Å². The molecule has 0 fully saturated rings. The molecule has 0 aliphatic heterocycles. The molecule has 0 N–H and O–H groups in total. The second-order valence-corrected chi connectivity index (χ2v) is 7.59. The Labute approximate surface area is 154 Å². The van der Waals surface area contributed by atoms with Crippen molar-refractivity contribution < 1.29 is 0 Å². The topological polar surface area (TPSA) is 29.0 Å². The summed E-state index contributed by atoms with van der Waals surface area (Å²) in [6.45, 7) is 10.9. The first-order chi connectivity index (χ1) is 12.2. The van der Waals surface area contributed by atoms with E-state index in [9.17, 15) is 0 Å². The van der Waals surface area contributed by atoms with E-state index in [1.54, 1.807) is 17.7 Å². The Bertz CT molecular complexity index is 821. The zero-order valence-corrected chi connectivity index (χ0v) is 16.4. The molecule has 0 unspecified atom stereocenters. The van der Waals surface area contributed by atoms with Crippen LogP contribution in [0.3, 0.4) is 0 Å². The minimum atomic E-state index is 0.553. The minimum absolute atomic E-state index is 0.553. The van der Waals surface area contributed by atoms with E-state index < -0.39 is 0 Å². The number of unbranched alkanes of at least 4 members (excludes halogenated alkanes) is 1. The van der Waals surface area contributed by atoms with Gasteiger partial charge in [0.05, 0.1) is 5.39 Å². The first-order valence-corrected chi connectivity index (χ1v) is 10.1. The van der Waals surface area contributed by atoms with Gasteiger partial charge >= 0.3 is 0 Å². The molecule has 3 rings (SSSR count). The number of nitrogens with zero attached hydrogens (tertiary/aromatic N) is 3. The van der Waals surface area contributed by atoms with Crippen LogP contribution >= 0.6 is 11.3 Å². The molecule has 3 aromatic rings. The smallest absolute Gasteiger partial charge is 0.141 e. The summed E-state index contributed by atoms with van der Waals surface area (Å²) in [6, 6.07) is 8.94. The van der Waals surface area contributed by atoms with Gasteiger partial charge in [-0.15, -0.1) is 11.3 Å². The van der Waals surface area contributed by atoms with Crippen molar-refractivity contribution in [3.63, 3.8) is 0 Å². The summed E-state index contributed by atoms with van der Waals surface area (Å²) in [7, 11) is 0. The van der Waals surface area contributed by atoms with Crippen LogP contribution in [0.1, 0.15) is 52.0 Å². The predicted octanol–water partition coefficient (Wildman–Crippen LogP) is 6.11. The third-order valence-corrected chi connectivity index (χ3v) is 5.59. The molecule has 132 valence electrons. The third kappa shape index (κ3) is 3.69. The summed E-state index contributed by atoms with van der Waals surface area (Å²) in [5.74, 6) is 1.63. The lowest BCUT2D eigenvalue weighted by Crippen LogP contribution is -2.25. The SMILES string of the molecule is CCCCN(CC)c1ncnc2scc(-c3ccc(C(C)C)cc3)c12. The lowest BCUT2D eigenvalue weighted by molar-refractivity contribution is 0.726. The number of aromatic nitrogens is 2. The maximum atomic E-state index is 4.66. The van der Waals surface area contributed by atoms with Crippen LogP contribution in [0.5, 0.6) is 0 Å². The molecule has 2 heterocycles. The fourth-order valence-electron chi connectivity index (χ4n) is 3.12. The van der Waals surface area contributed by atoms with Gasteiger partial charge in [-0.1, -0.05) is 51.5 Å². The number of anilines is 1. The van der Waals surface area contributed by atoms with Crippen LogP contribution in [0.4, 0.5) is 5.82 Å². The lowest BCUT2D eigenvalue weighted by Gasteiger charge is -2.22. The minimum Gasteiger partial charge on any atom is -0.356 e. The van der Waals surface area contributed by atoms with Crippen LogP contribution in [0.15, 0.2) is 36.0 Å². The number of benzene rings is 1.